The molecular weight excluding hydrogens is 521 g/mol. The molecule has 1 N–H and O–H groups in total. The fourth-order valence-corrected chi connectivity index (χ4v) is 4.50. The van der Waals surface area contributed by atoms with Crippen LogP contribution in [0.3, 0.4) is 0 Å². The summed E-state index contributed by atoms with van der Waals surface area (Å²) in [4.78, 5) is 8.60. The van der Waals surface area contributed by atoms with Crippen molar-refractivity contribution in [1.29, 1.82) is 0 Å². The molecule has 2 aromatic carbocycles. The van der Waals surface area contributed by atoms with Crippen LogP contribution in [-0.2, 0) is 14.2 Å². The second-order valence-corrected chi connectivity index (χ2v) is 8.85. The largest absolute Gasteiger partial charge is 0.493 e. The first-order chi connectivity index (χ1) is 16.0. The van der Waals surface area contributed by atoms with E-state index in [1.54, 1.807) is 31.4 Å². The van der Waals surface area contributed by atoms with Crippen molar-refractivity contribution in [2.45, 2.75) is 31.0 Å². The lowest BCUT2D eigenvalue weighted by Gasteiger charge is -2.20. The van der Waals surface area contributed by atoms with Crippen molar-refractivity contribution >= 4 is 49.9 Å². The van der Waals surface area contributed by atoms with E-state index in [0.717, 1.165) is 0 Å². The van der Waals surface area contributed by atoms with Gasteiger partial charge in [0.15, 0.2) is 17.3 Å². The number of benzene rings is 2. The summed E-state index contributed by atoms with van der Waals surface area (Å²) in [5.41, 5.74) is 0.761. The van der Waals surface area contributed by atoms with Gasteiger partial charge in [-0.05, 0) is 34.1 Å². The Morgan fingerprint density at radius 2 is 2.06 bits per heavy atom. The minimum absolute atomic E-state index is 0.0207. The summed E-state index contributed by atoms with van der Waals surface area (Å²) < 4.78 is 43.9. The van der Waals surface area contributed by atoms with Crippen LogP contribution in [0.5, 0.6) is 11.5 Å². The predicted octanol–water partition coefficient (Wildman–Crippen LogP) is 4.84. The molecule has 5 rings (SSSR count). The maximum Gasteiger partial charge on any atom is 0.203 e. The van der Waals surface area contributed by atoms with Crippen LogP contribution in [0.25, 0.3) is 10.9 Å². The van der Waals surface area contributed by atoms with E-state index in [1.807, 2.05) is 0 Å². The maximum atomic E-state index is 14.6. The molecule has 0 radical (unpaired) electrons. The molecule has 8 nitrogen and oxygen atoms in total. The molecule has 1 aromatic heterocycles. The van der Waals surface area contributed by atoms with Gasteiger partial charge in [0.25, 0.3) is 0 Å². The van der Waals surface area contributed by atoms with Crippen LogP contribution in [0.2, 0.25) is 5.02 Å². The first-order valence-corrected chi connectivity index (χ1v) is 11.4. The molecule has 2 aliphatic rings. The smallest absolute Gasteiger partial charge is 0.203 e. The number of anilines is 2. The van der Waals surface area contributed by atoms with Gasteiger partial charge in [-0.1, -0.05) is 11.6 Å². The van der Waals surface area contributed by atoms with Crippen molar-refractivity contribution in [2.24, 2.45) is 0 Å². The number of hydrogen-bond acceptors (Lipinski definition) is 8. The number of fused-ring (bicyclic) bond motifs is 2. The van der Waals surface area contributed by atoms with Crippen LogP contribution in [-0.4, -0.2) is 55.4 Å². The van der Waals surface area contributed by atoms with Crippen LogP contribution in [0, 0.1) is 5.82 Å². The van der Waals surface area contributed by atoms with E-state index in [1.165, 1.54) is 13.4 Å². The number of methoxy groups -OCH3 is 2. The molecule has 0 unspecified atom stereocenters. The third-order valence-corrected chi connectivity index (χ3v) is 6.97. The van der Waals surface area contributed by atoms with E-state index in [2.05, 4.69) is 31.2 Å². The minimum Gasteiger partial charge on any atom is -0.493 e. The van der Waals surface area contributed by atoms with Crippen molar-refractivity contribution < 1.29 is 28.1 Å². The highest BCUT2D eigenvalue weighted by atomic mass is 79.9. The van der Waals surface area contributed by atoms with E-state index >= 15 is 0 Å². The van der Waals surface area contributed by atoms with Crippen LogP contribution in [0.1, 0.15) is 6.42 Å². The van der Waals surface area contributed by atoms with E-state index in [9.17, 15) is 4.39 Å². The number of ether oxygens (including phenoxy) is 5. The van der Waals surface area contributed by atoms with Gasteiger partial charge < -0.3 is 29.0 Å². The highest BCUT2D eigenvalue weighted by molar-refractivity contribution is 9.10. The average Bonchev–Trinajstić information content (AvgIpc) is 3.39. The Balaban J connectivity index is 1.43. The maximum absolute atomic E-state index is 14.6. The molecule has 0 aliphatic carbocycles. The van der Waals surface area contributed by atoms with Gasteiger partial charge in [-0.3, -0.25) is 0 Å². The molecule has 174 valence electrons. The summed E-state index contributed by atoms with van der Waals surface area (Å²) >= 11 is 9.22. The molecule has 11 heteroatoms. The highest BCUT2D eigenvalue weighted by Gasteiger charge is 2.47. The predicted molar refractivity (Wildman–Crippen MR) is 123 cm³/mol. The van der Waals surface area contributed by atoms with Gasteiger partial charge in [0, 0.05) is 29.5 Å². The van der Waals surface area contributed by atoms with Gasteiger partial charge in [0.05, 0.1) is 36.0 Å². The Bertz CT molecular complexity index is 1200. The SMILES string of the molecule is COc1cc2c(Nc3ccc(Br)c(Cl)c3F)ncnc2cc1O[C@@H]1C[C@H]2OC[C@H](OC)[C@H]2O1. The number of rotatable bonds is 6. The standard InChI is InChI=1S/C22H20BrClFN3O5/c1-29-14-5-10-13(6-15(14)32-18-7-16-21(33-18)17(30-2)8-31-16)26-9-27-22(10)28-12-4-3-11(23)19(24)20(12)25/h3-6,9,16-18,21H,7-8H2,1-2H3,(H,26,27,28)/t16-,17+,18+,21+/m1/s1. The van der Waals surface area contributed by atoms with E-state index in [0.29, 0.717) is 45.7 Å². The minimum atomic E-state index is -0.592. The Labute approximate surface area is 202 Å². The number of nitrogens with zero attached hydrogens (tertiary/aromatic N) is 2. The lowest BCUT2D eigenvalue weighted by atomic mass is 10.1. The molecule has 0 saturated carbocycles. The summed E-state index contributed by atoms with van der Waals surface area (Å²) in [6.07, 6.45) is 1.09. The van der Waals surface area contributed by atoms with Gasteiger partial charge in [-0.2, -0.15) is 0 Å². The summed E-state index contributed by atoms with van der Waals surface area (Å²) in [6, 6.07) is 6.68. The lowest BCUT2D eigenvalue weighted by Crippen LogP contribution is -2.30. The van der Waals surface area contributed by atoms with Crippen molar-refractivity contribution in [1.82, 2.24) is 9.97 Å². The molecule has 2 fully saturated rings. The normalized spacial score (nSPS) is 24.2. The molecule has 0 spiro atoms. The molecule has 2 aliphatic heterocycles. The number of nitrogens with one attached hydrogen (secondary N) is 1. The van der Waals surface area contributed by atoms with Crippen LogP contribution < -0.4 is 14.8 Å². The van der Waals surface area contributed by atoms with Gasteiger partial charge in [-0.25, -0.2) is 14.4 Å². The van der Waals surface area contributed by atoms with Gasteiger partial charge in [0.2, 0.25) is 6.29 Å². The van der Waals surface area contributed by atoms with E-state index in [-0.39, 0.29) is 29.0 Å². The molecule has 0 bridgehead atoms. The average molecular weight is 541 g/mol. The van der Waals surface area contributed by atoms with Gasteiger partial charge in [-0.15, -0.1) is 0 Å². The molecular formula is C22H20BrClFN3O5. The van der Waals surface area contributed by atoms with Crippen LogP contribution in [0.4, 0.5) is 15.9 Å². The topological polar surface area (TPSA) is 84.0 Å². The molecule has 2 saturated heterocycles. The van der Waals surface area contributed by atoms with E-state index < -0.39 is 12.1 Å². The van der Waals surface area contributed by atoms with Crippen molar-refractivity contribution in [2.75, 3.05) is 26.1 Å². The monoisotopic (exact) mass is 539 g/mol. The van der Waals surface area contributed by atoms with Crippen molar-refractivity contribution in [3.63, 3.8) is 0 Å². The Hall–Kier alpha value is -2.24. The summed E-state index contributed by atoms with van der Waals surface area (Å²) in [7, 11) is 3.17. The fraction of sp³-hybridized carbons (Fsp3) is 0.364. The summed E-state index contributed by atoms with van der Waals surface area (Å²) in [6.45, 7) is 0.509. The Kier molecular flexibility index (Phi) is 6.28. The Morgan fingerprint density at radius 1 is 1.21 bits per heavy atom. The second kappa shape index (κ2) is 9.19. The summed E-state index contributed by atoms with van der Waals surface area (Å²) in [5, 5.41) is 3.58. The number of halogens is 3. The van der Waals surface area contributed by atoms with Gasteiger partial charge in [0.1, 0.15) is 24.4 Å². The Morgan fingerprint density at radius 3 is 2.85 bits per heavy atom. The van der Waals surface area contributed by atoms with Crippen molar-refractivity contribution in [3.05, 3.63) is 45.9 Å². The quantitative estimate of drug-likeness (QED) is 0.445. The fourth-order valence-electron chi connectivity index (χ4n) is 4.03. The molecule has 3 heterocycles. The first kappa shape index (κ1) is 22.5. The third-order valence-electron chi connectivity index (χ3n) is 5.71. The highest BCUT2D eigenvalue weighted by Crippen LogP contribution is 2.39. The zero-order valence-corrected chi connectivity index (χ0v) is 20.0. The zero-order chi connectivity index (χ0) is 23.1. The second-order valence-electron chi connectivity index (χ2n) is 7.62. The van der Waals surface area contributed by atoms with E-state index in [4.69, 9.17) is 35.3 Å². The molecule has 3 aromatic rings. The third kappa shape index (κ3) is 4.22. The molecule has 4 atom stereocenters. The molecule has 33 heavy (non-hydrogen) atoms. The van der Waals surface area contributed by atoms with Crippen molar-refractivity contribution in [3.8, 4) is 11.5 Å². The van der Waals surface area contributed by atoms with Crippen LogP contribution in [0.15, 0.2) is 35.1 Å². The number of aromatic nitrogens is 2. The molecule has 0 amide bonds. The summed E-state index contributed by atoms with van der Waals surface area (Å²) in [5.74, 6) is 0.723. The lowest BCUT2D eigenvalue weighted by molar-refractivity contribution is -0.108. The zero-order valence-electron chi connectivity index (χ0n) is 17.7. The van der Waals surface area contributed by atoms with Gasteiger partial charge >= 0.3 is 0 Å². The number of hydrogen-bond donors (Lipinski definition) is 1. The van der Waals surface area contributed by atoms with Crippen LogP contribution >= 0.6 is 27.5 Å². The first-order valence-electron chi connectivity index (χ1n) is 10.2.